The van der Waals surface area contributed by atoms with Crippen LogP contribution in [0.25, 0.3) is 0 Å². The van der Waals surface area contributed by atoms with Crippen LogP contribution in [0.4, 0.5) is 0 Å². The largest absolute Gasteiger partial charge is 0.313 e. The van der Waals surface area contributed by atoms with Crippen molar-refractivity contribution in [3.05, 3.63) is 0 Å². The summed E-state index contributed by atoms with van der Waals surface area (Å²) in [6.07, 6.45) is 11.6. The summed E-state index contributed by atoms with van der Waals surface area (Å²) < 4.78 is 0. The van der Waals surface area contributed by atoms with E-state index in [1.807, 2.05) is 0 Å². The van der Waals surface area contributed by atoms with Gasteiger partial charge < -0.3 is 5.32 Å². The molecule has 0 heterocycles. The van der Waals surface area contributed by atoms with Gasteiger partial charge in [-0.1, -0.05) is 19.8 Å². The fraction of sp³-hybridized carbons (Fsp3) is 0.933. The highest BCUT2D eigenvalue weighted by Gasteiger charge is 2.42. The minimum Gasteiger partial charge on any atom is -0.313 e. The minimum atomic E-state index is 0.370. The molecule has 0 aromatic rings. The zero-order chi connectivity index (χ0) is 12.1. The first kappa shape index (κ1) is 12.9. The molecular weight excluding hydrogens is 208 g/mol. The third kappa shape index (κ3) is 3.71. The lowest BCUT2D eigenvalue weighted by Gasteiger charge is -2.30. The average Bonchev–Trinajstić information content (AvgIpc) is 3.10. The van der Waals surface area contributed by atoms with Gasteiger partial charge in [-0.25, -0.2) is 0 Å². The fourth-order valence-corrected chi connectivity index (χ4v) is 3.18. The van der Waals surface area contributed by atoms with Gasteiger partial charge in [0, 0.05) is 19.0 Å². The van der Waals surface area contributed by atoms with Crippen LogP contribution in [0.5, 0.6) is 0 Å². The molecule has 0 amide bonds. The maximum absolute atomic E-state index is 8.79. The molecule has 0 bridgehead atoms. The highest BCUT2D eigenvalue weighted by Crippen LogP contribution is 2.48. The molecule has 1 N–H and O–H groups in total. The van der Waals surface area contributed by atoms with Gasteiger partial charge in [0.1, 0.15) is 0 Å². The van der Waals surface area contributed by atoms with Crippen LogP contribution < -0.4 is 5.32 Å². The summed E-state index contributed by atoms with van der Waals surface area (Å²) in [5.41, 5.74) is 0.370. The molecule has 2 aliphatic carbocycles. The molecule has 2 saturated carbocycles. The molecule has 2 rings (SSSR count). The highest BCUT2D eigenvalue weighted by molar-refractivity contribution is 5.01. The zero-order valence-electron chi connectivity index (χ0n) is 11.2. The summed E-state index contributed by atoms with van der Waals surface area (Å²) in [5.74, 6) is 0.993. The van der Waals surface area contributed by atoms with Crippen LogP contribution in [0.3, 0.4) is 0 Å². The molecule has 2 aliphatic rings. The van der Waals surface area contributed by atoms with Crippen LogP contribution >= 0.6 is 0 Å². The molecule has 0 aromatic heterocycles. The van der Waals surface area contributed by atoms with Crippen molar-refractivity contribution >= 4 is 0 Å². The Hall–Kier alpha value is -0.550. The predicted molar refractivity (Wildman–Crippen MR) is 70.6 cm³/mol. The number of hydrogen-bond acceptors (Lipinski definition) is 2. The number of nitrogens with zero attached hydrogens (tertiary/aromatic N) is 1. The van der Waals surface area contributed by atoms with Gasteiger partial charge >= 0.3 is 0 Å². The van der Waals surface area contributed by atoms with Crippen molar-refractivity contribution in [2.45, 2.75) is 70.8 Å². The van der Waals surface area contributed by atoms with Crippen molar-refractivity contribution in [3.63, 3.8) is 0 Å². The van der Waals surface area contributed by atoms with Gasteiger partial charge in [0.25, 0.3) is 0 Å². The van der Waals surface area contributed by atoms with Crippen LogP contribution in [0.2, 0.25) is 0 Å². The van der Waals surface area contributed by atoms with Gasteiger partial charge in [-0.3, -0.25) is 0 Å². The van der Waals surface area contributed by atoms with Crippen LogP contribution in [-0.4, -0.2) is 12.6 Å². The molecule has 0 radical (unpaired) electrons. The first-order valence-electron chi connectivity index (χ1n) is 7.38. The Bertz CT molecular complexity index is 267. The van der Waals surface area contributed by atoms with Crippen LogP contribution in [0, 0.1) is 22.7 Å². The second-order valence-electron chi connectivity index (χ2n) is 6.22. The highest BCUT2D eigenvalue weighted by atomic mass is 14.9. The van der Waals surface area contributed by atoms with Crippen LogP contribution in [-0.2, 0) is 0 Å². The van der Waals surface area contributed by atoms with Crippen LogP contribution in [0.15, 0.2) is 0 Å². The summed E-state index contributed by atoms with van der Waals surface area (Å²) >= 11 is 0. The molecule has 0 spiro atoms. The van der Waals surface area contributed by atoms with Gasteiger partial charge in [0.2, 0.25) is 0 Å². The Morgan fingerprint density at radius 3 is 2.47 bits per heavy atom. The molecule has 0 aliphatic heterocycles. The first-order chi connectivity index (χ1) is 8.28. The SMILES string of the molecule is CCCC1CCC(NCC2(CC#N)CC2)CC1. The number of nitriles is 1. The van der Waals surface area contributed by atoms with Gasteiger partial charge in [-0.15, -0.1) is 0 Å². The lowest BCUT2D eigenvalue weighted by molar-refractivity contribution is 0.267. The van der Waals surface area contributed by atoms with Gasteiger partial charge in [0.15, 0.2) is 0 Å². The number of nitrogens with one attached hydrogen (secondary N) is 1. The molecule has 2 nitrogen and oxygen atoms in total. The summed E-state index contributed by atoms with van der Waals surface area (Å²) in [4.78, 5) is 0. The second kappa shape index (κ2) is 5.87. The van der Waals surface area contributed by atoms with E-state index in [1.54, 1.807) is 0 Å². The van der Waals surface area contributed by atoms with E-state index >= 15 is 0 Å². The first-order valence-corrected chi connectivity index (χ1v) is 7.38. The molecule has 17 heavy (non-hydrogen) atoms. The number of rotatable bonds is 6. The number of hydrogen-bond donors (Lipinski definition) is 1. The molecule has 2 heteroatoms. The summed E-state index contributed by atoms with van der Waals surface area (Å²) in [6.45, 7) is 3.38. The van der Waals surface area contributed by atoms with E-state index in [9.17, 15) is 0 Å². The van der Waals surface area contributed by atoms with E-state index in [1.165, 1.54) is 51.4 Å². The molecule has 0 saturated heterocycles. The fourth-order valence-electron chi connectivity index (χ4n) is 3.18. The maximum atomic E-state index is 8.79. The molecule has 0 atom stereocenters. The van der Waals surface area contributed by atoms with Crippen LogP contribution in [0.1, 0.15) is 64.7 Å². The Morgan fingerprint density at radius 1 is 1.24 bits per heavy atom. The molecule has 2 fully saturated rings. The monoisotopic (exact) mass is 234 g/mol. The molecule has 0 unspecified atom stereocenters. The summed E-state index contributed by atoms with van der Waals surface area (Å²) in [5, 5.41) is 12.5. The van der Waals surface area contributed by atoms with Crippen molar-refractivity contribution in [1.82, 2.24) is 5.32 Å². The van der Waals surface area contributed by atoms with E-state index in [0.717, 1.165) is 24.9 Å². The minimum absolute atomic E-state index is 0.370. The smallest absolute Gasteiger partial charge is 0.0628 e. The Labute approximate surface area is 106 Å². The normalized spacial score (nSPS) is 30.8. The lowest BCUT2D eigenvalue weighted by Crippen LogP contribution is -2.37. The van der Waals surface area contributed by atoms with E-state index in [-0.39, 0.29) is 0 Å². The molecule has 96 valence electrons. The molecule has 0 aromatic carbocycles. The standard InChI is InChI=1S/C15H26N2/c1-2-3-13-4-6-14(7-5-13)17-12-15(8-9-15)10-11-16/h13-14,17H,2-10,12H2,1H3. The topological polar surface area (TPSA) is 35.8 Å². The Morgan fingerprint density at radius 2 is 1.94 bits per heavy atom. The van der Waals surface area contributed by atoms with Crippen molar-refractivity contribution < 1.29 is 0 Å². The maximum Gasteiger partial charge on any atom is 0.0628 e. The average molecular weight is 234 g/mol. The van der Waals surface area contributed by atoms with Crippen molar-refractivity contribution in [3.8, 4) is 6.07 Å². The van der Waals surface area contributed by atoms with Gasteiger partial charge in [-0.2, -0.15) is 5.26 Å². The van der Waals surface area contributed by atoms with Crippen molar-refractivity contribution in [2.24, 2.45) is 11.3 Å². The summed E-state index contributed by atoms with van der Waals surface area (Å²) in [6, 6.07) is 3.08. The Balaban J connectivity index is 1.64. The van der Waals surface area contributed by atoms with Gasteiger partial charge in [-0.05, 0) is 49.9 Å². The van der Waals surface area contributed by atoms with E-state index in [4.69, 9.17) is 5.26 Å². The predicted octanol–water partition coefficient (Wildman–Crippen LogP) is 3.63. The second-order valence-corrected chi connectivity index (χ2v) is 6.22. The van der Waals surface area contributed by atoms with E-state index in [2.05, 4.69) is 18.3 Å². The molecular formula is C15H26N2. The summed E-state index contributed by atoms with van der Waals surface area (Å²) in [7, 11) is 0. The van der Waals surface area contributed by atoms with Crippen molar-refractivity contribution in [2.75, 3.05) is 6.54 Å². The lowest BCUT2D eigenvalue weighted by atomic mass is 9.83. The third-order valence-electron chi connectivity index (χ3n) is 4.72. The van der Waals surface area contributed by atoms with E-state index < -0.39 is 0 Å². The van der Waals surface area contributed by atoms with Gasteiger partial charge in [0.05, 0.1) is 6.07 Å². The quantitative estimate of drug-likeness (QED) is 0.761. The zero-order valence-corrected chi connectivity index (χ0v) is 11.2. The Kier molecular flexibility index (Phi) is 4.45. The third-order valence-corrected chi connectivity index (χ3v) is 4.72. The van der Waals surface area contributed by atoms with Crippen molar-refractivity contribution in [1.29, 1.82) is 5.26 Å². The van der Waals surface area contributed by atoms with E-state index in [0.29, 0.717) is 5.41 Å².